The van der Waals surface area contributed by atoms with E-state index in [9.17, 15) is 4.79 Å². The monoisotopic (exact) mass is 474 g/mol. The number of nitrogens with zero attached hydrogens (tertiary/aromatic N) is 4. The summed E-state index contributed by atoms with van der Waals surface area (Å²) in [6.07, 6.45) is 0. The van der Waals surface area contributed by atoms with Gasteiger partial charge in [-0.05, 0) is 48.9 Å². The number of carbonyl (C=O) groups excluding carboxylic acids is 1. The van der Waals surface area contributed by atoms with Crippen molar-refractivity contribution in [3.8, 4) is 5.75 Å². The molecule has 150 valence electrons. The van der Waals surface area contributed by atoms with Gasteiger partial charge in [0, 0.05) is 10.0 Å². The van der Waals surface area contributed by atoms with Crippen molar-refractivity contribution in [1.29, 1.82) is 0 Å². The molecule has 0 saturated carbocycles. The van der Waals surface area contributed by atoms with Crippen molar-refractivity contribution >= 4 is 45.1 Å². The lowest BCUT2D eigenvalue weighted by molar-refractivity contribution is 0.102. The summed E-state index contributed by atoms with van der Waals surface area (Å²) in [4.78, 5) is 12.3. The van der Waals surface area contributed by atoms with Crippen LogP contribution in [0.1, 0.15) is 22.8 Å². The van der Waals surface area contributed by atoms with E-state index in [1.807, 2.05) is 43.3 Å². The quantitative estimate of drug-likeness (QED) is 0.169. The van der Waals surface area contributed by atoms with Crippen LogP contribution in [0.2, 0.25) is 0 Å². The Morgan fingerprint density at radius 2 is 1.83 bits per heavy atom. The van der Waals surface area contributed by atoms with Crippen LogP contribution >= 0.6 is 27.7 Å². The summed E-state index contributed by atoms with van der Waals surface area (Å²) < 4.78 is 7.34. The lowest BCUT2D eigenvalue weighted by atomic mass is 10.1. The van der Waals surface area contributed by atoms with Gasteiger partial charge < -0.3 is 10.6 Å². The molecule has 0 spiro atoms. The number of ether oxygens (including phenoxy) is 1. The van der Waals surface area contributed by atoms with Crippen LogP contribution in [0.5, 0.6) is 5.75 Å². The van der Waals surface area contributed by atoms with Crippen LogP contribution in [0.25, 0.3) is 0 Å². The third kappa shape index (κ3) is 5.36. The first kappa shape index (κ1) is 20.9. The molecule has 0 unspecified atom stereocenters. The summed E-state index contributed by atoms with van der Waals surface area (Å²) in [6, 6.07) is 14.7. The Bertz CT molecular complexity index is 1020. The molecule has 0 saturated heterocycles. The van der Waals surface area contributed by atoms with E-state index in [-0.39, 0.29) is 17.5 Å². The molecular formula is C19H19BrN6O2S. The highest BCUT2D eigenvalue weighted by Crippen LogP contribution is 2.19. The topological polar surface area (TPSA) is 107 Å². The van der Waals surface area contributed by atoms with E-state index in [1.165, 1.54) is 16.4 Å². The summed E-state index contributed by atoms with van der Waals surface area (Å²) in [5.41, 5.74) is 5.10. The lowest BCUT2D eigenvalue weighted by Crippen LogP contribution is -2.14. The number of carbonyl (C=O) groups is 1. The standard InChI is InChI=1S/C19H19BrN6O2S/c1-12(13-5-9-16(28-2)10-6-13)22-23-18-24-25-19(26(18)21)29-11-17(27)14-3-7-15(20)8-4-14/h3-10H,11,21H2,1-2H3,(H,23,24)/b22-12+. The zero-order valence-corrected chi connectivity index (χ0v) is 18.2. The number of anilines is 1. The SMILES string of the molecule is COc1ccc(/C(C)=N/Nc2nnc(SCC(=O)c3ccc(Br)cc3)n2N)cc1. The Morgan fingerprint density at radius 1 is 1.17 bits per heavy atom. The second kappa shape index (κ2) is 9.57. The first-order valence-corrected chi connectivity index (χ1v) is 10.3. The fraction of sp³-hybridized carbons (Fsp3) is 0.158. The van der Waals surface area contributed by atoms with Gasteiger partial charge in [-0.1, -0.05) is 39.8 Å². The first-order chi connectivity index (χ1) is 14.0. The molecule has 0 fully saturated rings. The number of aromatic nitrogens is 3. The van der Waals surface area contributed by atoms with Crippen LogP contribution in [-0.4, -0.2) is 39.2 Å². The van der Waals surface area contributed by atoms with Crippen LogP contribution in [0.3, 0.4) is 0 Å². The molecule has 1 heterocycles. The van der Waals surface area contributed by atoms with Crippen molar-refractivity contribution in [3.63, 3.8) is 0 Å². The number of ketones is 1. The molecule has 0 aliphatic rings. The number of methoxy groups -OCH3 is 1. The van der Waals surface area contributed by atoms with Crippen molar-refractivity contribution in [3.05, 3.63) is 64.1 Å². The molecule has 3 aromatic rings. The minimum absolute atomic E-state index is 0.0200. The summed E-state index contributed by atoms with van der Waals surface area (Å²) in [7, 11) is 1.62. The van der Waals surface area contributed by atoms with E-state index < -0.39 is 0 Å². The van der Waals surface area contributed by atoms with E-state index in [0.29, 0.717) is 10.7 Å². The highest BCUT2D eigenvalue weighted by Gasteiger charge is 2.13. The number of nitrogens with two attached hydrogens (primary N) is 1. The average Bonchev–Trinajstić information content (AvgIpc) is 3.10. The van der Waals surface area contributed by atoms with Crippen LogP contribution in [-0.2, 0) is 0 Å². The Morgan fingerprint density at radius 3 is 2.48 bits per heavy atom. The number of hydrogen-bond donors (Lipinski definition) is 2. The van der Waals surface area contributed by atoms with Crippen molar-refractivity contribution in [2.24, 2.45) is 5.10 Å². The van der Waals surface area contributed by atoms with Gasteiger partial charge in [-0.2, -0.15) is 5.10 Å². The first-order valence-electron chi connectivity index (χ1n) is 8.54. The molecule has 3 rings (SSSR count). The fourth-order valence-corrected chi connectivity index (χ4v) is 3.35. The third-order valence-corrected chi connectivity index (χ3v) is 5.47. The van der Waals surface area contributed by atoms with Gasteiger partial charge >= 0.3 is 0 Å². The number of nitrogen functional groups attached to an aromatic ring is 1. The van der Waals surface area contributed by atoms with Crippen molar-refractivity contribution in [2.75, 3.05) is 24.1 Å². The number of halogens is 1. The number of thioether (sulfide) groups is 1. The molecule has 0 aliphatic heterocycles. The van der Waals surface area contributed by atoms with E-state index in [1.54, 1.807) is 19.2 Å². The van der Waals surface area contributed by atoms with Gasteiger partial charge in [0.1, 0.15) is 5.75 Å². The Hall–Kier alpha value is -2.85. The molecule has 2 aromatic carbocycles. The van der Waals surface area contributed by atoms with Gasteiger partial charge in [-0.25, -0.2) is 10.1 Å². The van der Waals surface area contributed by atoms with Crippen LogP contribution in [0.4, 0.5) is 5.95 Å². The Kier molecular flexibility index (Phi) is 6.89. The number of hydrazone groups is 1. The van der Waals surface area contributed by atoms with Crippen molar-refractivity contribution in [2.45, 2.75) is 12.1 Å². The molecule has 29 heavy (non-hydrogen) atoms. The number of Topliss-reactive ketones (excluding diaryl/α,β-unsaturated/α-hetero) is 1. The molecule has 0 amide bonds. The summed E-state index contributed by atoms with van der Waals surface area (Å²) >= 11 is 4.56. The normalized spacial score (nSPS) is 11.3. The summed E-state index contributed by atoms with van der Waals surface area (Å²) in [5.74, 6) is 7.24. The van der Waals surface area contributed by atoms with Crippen LogP contribution in [0.15, 0.2) is 63.3 Å². The molecule has 0 atom stereocenters. The highest BCUT2D eigenvalue weighted by molar-refractivity contribution is 9.10. The zero-order chi connectivity index (χ0) is 20.8. The predicted octanol–water partition coefficient (Wildman–Crippen LogP) is 3.57. The highest BCUT2D eigenvalue weighted by atomic mass is 79.9. The molecule has 8 nitrogen and oxygen atoms in total. The molecule has 0 aliphatic carbocycles. The maximum Gasteiger partial charge on any atom is 0.264 e. The summed E-state index contributed by atoms with van der Waals surface area (Å²) in [6.45, 7) is 1.86. The average molecular weight is 475 g/mol. The maximum absolute atomic E-state index is 12.3. The van der Waals surface area contributed by atoms with E-state index in [2.05, 4.69) is 36.7 Å². The van der Waals surface area contributed by atoms with Crippen molar-refractivity contribution < 1.29 is 9.53 Å². The Labute approximate surface area is 180 Å². The molecular weight excluding hydrogens is 456 g/mol. The Balaban J connectivity index is 1.61. The number of hydrogen-bond acceptors (Lipinski definition) is 8. The molecule has 3 N–H and O–H groups in total. The molecule has 0 bridgehead atoms. The smallest absolute Gasteiger partial charge is 0.264 e. The van der Waals surface area contributed by atoms with Crippen molar-refractivity contribution in [1.82, 2.24) is 14.9 Å². The fourth-order valence-electron chi connectivity index (χ4n) is 2.33. The third-order valence-electron chi connectivity index (χ3n) is 3.99. The van der Waals surface area contributed by atoms with Crippen LogP contribution in [0, 0.1) is 0 Å². The number of rotatable bonds is 8. The molecule has 1 aromatic heterocycles. The lowest BCUT2D eigenvalue weighted by Gasteiger charge is -2.05. The minimum atomic E-state index is -0.0200. The van der Waals surface area contributed by atoms with Gasteiger partial charge in [0.25, 0.3) is 5.95 Å². The summed E-state index contributed by atoms with van der Waals surface area (Å²) in [5, 5.41) is 12.7. The van der Waals surface area contributed by atoms with Gasteiger partial charge in [0.15, 0.2) is 5.78 Å². The van der Waals surface area contributed by atoms with Gasteiger partial charge in [-0.15, -0.1) is 10.2 Å². The van der Waals surface area contributed by atoms with Gasteiger partial charge in [-0.3, -0.25) is 4.79 Å². The second-order valence-corrected chi connectivity index (χ2v) is 7.79. The second-order valence-electron chi connectivity index (χ2n) is 5.93. The maximum atomic E-state index is 12.3. The zero-order valence-electron chi connectivity index (χ0n) is 15.8. The van der Waals surface area contributed by atoms with E-state index in [4.69, 9.17) is 10.6 Å². The van der Waals surface area contributed by atoms with E-state index >= 15 is 0 Å². The largest absolute Gasteiger partial charge is 0.497 e. The minimum Gasteiger partial charge on any atom is -0.497 e. The molecule has 10 heteroatoms. The van der Waals surface area contributed by atoms with Crippen LogP contribution < -0.4 is 16.0 Å². The van der Waals surface area contributed by atoms with Gasteiger partial charge in [0.2, 0.25) is 5.16 Å². The van der Waals surface area contributed by atoms with E-state index in [0.717, 1.165) is 21.5 Å². The number of nitrogens with one attached hydrogen (secondary N) is 1. The predicted molar refractivity (Wildman–Crippen MR) is 118 cm³/mol. The number of benzene rings is 2. The molecule has 0 radical (unpaired) electrons. The van der Waals surface area contributed by atoms with Gasteiger partial charge in [0.05, 0.1) is 18.6 Å².